The Kier molecular flexibility index (Phi) is 7.21. The maximum atomic E-state index is 12.1. The summed E-state index contributed by atoms with van der Waals surface area (Å²) in [5, 5.41) is 9.01. The third-order valence-electron chi connectivity index (χ3n) is 4.45. The summed E-state index contributed by atoms with van der Waals surface area (Å²) >= 11 is 0. The number of carbonyl (C=O) groups excluding carboxylic acids is 2. The van der Waals surface area contributed by atoms with Gasteiger partial charge in [-0.2, -0.15) is 0 Å². The zero-order valence-electron chi connectivity index (χ0n) is 14.6. The molecule has 1 aliphatic heterocycles. The molecule has 1 fully saturated rings. The number of likely N-dealkylation sites (N-methyl/N-ethyl adjacent to an activating group) is 1. The van der Waals surface area contributed by atoms with E-state index in [-0.39, 0.29) is 17.7 Å². The fourth-order valence-electron chi connectivity index (χ4n) is 2.80. The van der Waals surface area contributed by atoms with Gasteiger partial charge in [-0.25, -0.2) is 0 Å². The van der Waals surface area contributed by atoms with Crippen molar-refractivity contribution >= 4 is 17.5 Å². The molecule has 6 heteroatoms. The first kappa shape index (κ1) is 18.4. The van der Waals surface area contributed by atoms with E-state index >= 15 is 0 Å². The maximum absolute atomic E-state index is 12.1. The van der Waals surface area contributed by atoms with Crippen LogP contribution in [0, 0.1) is 5.92 Å². The van der Waals surface area contributed by atoms with Gasteiger partial charge >= 0.3 is 0 Å². The number of benzene rings is 1. The predicted octanol–water partition coefficient (Wildman–Crippen LogP) is 1.31. The molecular weight excluding hydrogens is 304 g/mol. The van der Waals surface area contributed by atoms with E-state index in [9.17, 15) is 9.59 Å². The monoisotopic (exact) mass is 332 g/mol. The van der Waals surface area contributed by atoms with Crippen molar-refractivity contribution in [1.82, 2.24) is 15.5 Å². The summed E-state index contributed by atoms with van der Waals surface area (Å²) in [7, 11) is 0. The molecule has 1 aliphatic rings. The van der Waals surface area contributed by atoms with Crippen LogP contribution < -0.4 is 16.0 Å². The van der Waals surface area contributed by atoms with E-state index in [1.807, 2.05) is 0 Å². The van der Waals surface area contributed by atoms with Crippen LogP contribution in [0.15, 0.2) is 24.3 Å². The summed E-state index contributed by atoms with van der Waals surface area (Å²) < 4.78 is 0. The molecule has 2 amide bonds. The van der Waals surface area contributed by atoms with Crippen molar-refractivity contribution in [1.29, 1.82) is 0 Å². The molecule has 1 heterocycles. The van der Waals surface area contributed by atoms with Crippen LogP contribution in [0.25, 0.3) is 0 Å². The third-order valence-corrected chi connectivity index (χ3v) is 4.45. The molecule has 24 heavy (non-hydrogen) atoms. The summed E-state index contributed by atoms with van der Waals surface area (Å²) in [6.07, 6.45) is 0.874. The number of hydrogen-bond acceptors (Lipinski definition) is 4. The highest BCUT2D eigenvalue weighted by Gasteiger charge is 2.22. The number of hydrogen-bond donors (Lipinski definition) is 3. The molecule has 0 spiro atoms. The third kappa shape index (κ3) is 5.32. The zero-order chi connectivity index (χ0) is 17.4. The highest BCUT2D eigenvalue weighted by Crippen LogP contribution is 2.14. The predicted molar refractivity (Wildman–Crippen MR) is 96.2 cm³/mol. The van der Waals surface area contributed by atoms with Gasteiger partial charge in [0.15, 0.2) is 0 Å². The summed E-state index contributed by atoms with van der Waals surface area (Å²) in [5.41, 5.74) is 1.33. The zero-order valence-corrected chi connectivity index (χ0v) is 14.6. The van der Waals surface area contributed by atoms with E-state index in [4.69, 9.17) is 0 Å². The van der Waals surface area contributed by atoms with Crippen molar-refractivity contribution in [3.63, 3.8) is 0 Å². The molecule has 0 aliphatic carbocycles. The van der Waals surface area contributed by atoms with Crippen LogP contribution in [0.2, 0.25) is 0 Å². The molecule has 6 nitrogen and oxygen atoms in total. The molecule has 132 valence electrons. The highest BCUT2D eigenvalue weighted by molar-refractivity contribution is 5.96. The van der Waals surface area contributed by atoms with Crippen molar-refractivity contribution in [2.75, 3.05) is 44.6 Å². The molecule has 0 radical (unpaired) electrons. The van der Waals surface area contributed by atoms with Gasteiger partial charge in [-0.15, -0.1) is 0 Å². The lowest BCUT2D eigenvalue weighted by atomic mass is 10.1. The lowest BCUT2D eigenvalue weighted by Gasteiger charge is -2.18. The Morgan fingerprint density at radius 3 is 2.50 bits per heavy atom. The molecule has 3 N–H and O–H groups in total. The second-order valence-corrected chi connectivity index (χ2v) is 6.04. The number of carbonyl (C=O) groups is 2. The van der Waals surface area contributed by atoms with Gasteiger partial charge in [0.25, 0.3) is 5.91 Å². The Hall–Kier alpha value is -1.92. The minimum atomic E-state index is -0.0833. The number of nitrogens with zero attached hydrogens (tertiary/aromatic N) is 1. The van der Waals surface area contributed by atoms with E-state index < -0.39 is 0 Å². The SMILES string of the molecule is CCN(CC)CCNC(=O)c1ccc(NC(=O)C2CCNC2)cc1. The molecule has 1 aromatic carbocycles. The molecule has 2 rings (SSSR count). The largest absolute Gasteiger partial charge is 0.351 e. The van der Waals surface area contributed by atoms with Crippen molar-refractivity contribution in [2.45, 2.75) is 20.3 Å². The Labute approximate surface area is 144 Å². The smallest absolute Gasteiger partial charge is 0.251 e. The second-order valence-electron chi connectivity index (χ2n) is 6.04. The van der Waals surface area contributed by atoms with Gasteiger partial charge in [0.1, 0.15) is 0 Å². The first-order valence-electron chi connectivity index (χ1n) is 8.76. The summed E-state index contributed by atoms with van der Waals surface area (Å²) in [4.78, 5) is 26.4. The average molecular weight is 332 g/mol. The van der Waals surface area contributed by atoms with Gasteiger partial charge in [-0.05, 0) is 50.3 Å². The van der Waals surface area contributed by atoms with Crippen LogP contribution in [0.1, 0.15) is 30.6 Å². The molecular formula is C18H28N4O2. The number of anilines is 1. The molecule has 0 bridgehead atoms. The first-order valence-corrected chi connectivity index (χ1v) is 8.76. The van der Waals surface area contributed by atoms with Crippen molar-refractivity contribution < 1.29 is 9.59 Å². The molecule has 1 atom stereocenters. The fourth-order valence-corrected chi connectivity index (χ4v) is 2.80. The van der Waals surface area contributed by atoms with Crippen LogP contribution in [0.5, 0.6) is 0 Å². The number of amides is 2. The lowest BCUT2D eigenvalue weighted by Crippen LogP contribution is -2.34. The quantitative estimate of drug-likeness (QED) is 0.671. The van der Waals surface area contributed by atoms with Crippen molar-refractivity contribution in [3.8, 4) is 0 Å². The van der Waals surface area contributed by atoms with Crippen LogP contribution in [-0.4, -0.2) is 56.0 Å². The van der Waals surface area contributed by atoms with Crippen LogP contribution >= 0.6 is 0 Å². The van der Waals surface area contributed by atoms with Crippen molar-refractivity contribution in [2.24, 2.45) is 5.92 Å². The van der Waals surface area contributed by atoms with E-state index in [0.29, 0.717) is 12.1 Å². The Bertz CT molecular complexity index is 534. The summed E-state index contributed by atoms with van der Waals surface area (Å²) in [6.45, 7) is 9.30. The van der Waals surface area contributed by atoms with E-state index in [1.54, 1.807) is 24.3 Å². The highest BCUT2D eigenvalue weighted by atomic mass is 16.2. The lowest BCUT2D eigenvalue weighted by molar-refractivity contribution is -0.119. The van der Waals surface area contributed by atoms with Gasteiger partial charge in [-0.3, -0.25) is 9.59 Å². The van der Waals surface area contributed by atoms with Gasteiger partial charge < -0.3 is 20.9 Å². The Morgan fingerprint density at radius 2 is 1.92 bits per heavy atom. The summed E-state index contributed by atoms with van der Waals surface area (Å²) in [5.74, 6) is -0.00972. The maximum Gasteiger partial charge on any atom is 0.251 e. The number of rotatable bonds is 8. The van der Waals surface area contributed by atoms with E-state index in [2.05, 4.69) is 34.7 Å². The van der Waals surface area contributed by atoms with E-state index in [1.165, 1.54) is 0 Å². The second kappa shape index (κ2) is 9.39. The Morgan fingerprint density at radius 1 is 1.21 bits per heavy atom. The van der Waals surface area contributed by atoms with Crippen LogP contribution in [0.4, 0.5) is 5.69 Å². The van der Waals surface area contributed by atoms with Crippen LogP contribution in [0.3, 0.4) is 0 Å². The molecule has 1 saturated heterocycles. The van der Waals surface area contributed by atoms with Crippen molar-refractivity contribution in [3.05, 3.63) is 29.8 Å². The first-order chi connectivity index (χ1) is 11.6. The molecule has 0 aromatic heterocycles. The average Bonchev–Trinajstić information content (AvgIpc) is 3.14. The van der Waals surface area contributed by atoms with Gasteiger partial charge in [0.05, 0.1) is 5.92 Å². The molecule has 1 unspecified atom stereocenters. The molecule has 0 saturated carbocycles. The standard InChI is InChI=1S/C18H28N4O2/c1-3-22(4-2)12-11-20-17(23)14-5-7-16(8-6-14)21-18(24)15-9-10-19-13-15/h5-8,15,19H,3-4,9-13H2,1-2H3,(H,20,23)(H,21,24). The number of nitrogens with one attached hydrogen (secondary N) is 3. The van der Waals surface area contributed by atoms with Gasteiger partial charge in [0.2, 0.25) is 5.91 Å². The Balaban J connectivity index is 1.80. The fraction of sp³-hybridized carbons (Fsp3) is 0.556. The normalized spacial score (nSPS) is 17.0. The molecule has 1 aromatic rings. The van der Waals surface area contributed by atoms with Gasteiger partial charge in [0, 0.05) is 30.9 Å². The van der Waals surface area contributed by atoms with Crippen LogP contribution in [-0.2, 0) is 4.79 Å². The minimum absolute atomic E-state index is 0.0352. The topological polar surface area (TPSA) is 73.5 Å². The summed E-state index contributed by atoms with van der Waals surface area (Å²) in [6, 6.07) is 7.05. The van der Waals surface area contributed by atoms with E-state index in [0.717, 1.165) is 44.8 Å². The minimum Gasteiger partial charge on any atom is -0.351 e. The van der Waals surface area contributed by atoms with Gasteiger partial charge in [-0.1, -0.05) is 13.8 Å².